The van der Waals surface area contributed by atoms with Crippen LogP contribution in [0, 0.1) is 22.0 Å². The van der Waals surface area contributed by atoms with E-state index in [1.54, 1.807) is 0 Å². The minimum atomic E-state index is -4.65. The Kier molecular flexibility index (Phi) is 3.70. The molecule has 0 radical (unpaired) electrons. The third kappa shape index (κ3) is 3.46. The van der Waals surface area contributed by atoms with Crippen LogP contribution in [0.25, 0.3) is 0 Å². The fourth-order valence-electron chi connectivity index (χ4n) is 1.11. The number of hydrogen-bond donors (Lipinski definition) is 1. The minimum absolute atomic E-state index is 0.0377. The smallest absolute Gasteiger partial charge is 0.320 e. The maximum atomic E-state index is 12.4. The van der Waals surface area contributed by atoms with Crippen LogP contribution in [0.15, 0.2) is 18.2 Å². The standard InChI is InChI=1S/C10H7F3N2O2/c11-10(12,13)8-4-7(2-1-3-14)5-9(6-8)15(16)17/h4-6H,3,14H2. The van der Waals surface area contributed by atoms with Gasteiger partial charge in [-0.05, 0) is 6.07 Å². The van der Waals surface area contributed by atoms with E-state index in [9.17, 15) is 23.3 Å². The van der Waals surface area contributed by atoms with E-state index in [2.05, 4.69) is 11.8 Å². The van der Waals surface area contributed by atoms with E-state index in [-0.39, 0.29) is 12.1 Å². The predicted molar refractivity (Wildman–Crippen MR) is 54.0 cm³/mol. The molecule has 0 saturated carbocycles. The molecule has 0 spiro atoms. The lowest BCUT2D eigenvalue weighted by atomic mass is 10.1. The van der Waals surface area contributed by atoms with Gasteiger partial charge in [0.05, 0.1) is 17.0 Å². The molecular formula is C10H7F3N2O2. The molecule has 7 heteroatoms. The van der Waals surface area contributed by atoms with Crippen molar-refractivity contribution >= 4 is 5.69 Å². The van der Waals surface area contributed by atoms with Crippen molar-refractivity contribution < 1.29 is 18.1 Å². The molecule has 2 N–H and O–H groups in total. The Morgan fingerprint density at radius 2 is 2.00 bits per heavy atom. The Balaban J connectivity index is 3.34. The summed E-state index contributed by atoms with van der Waals surface area (Å²) >= 11 is 0. The van der Waals surface area contributed by atoms with Gasteiger partial charge in [0, 0.05) is 17.7 Å². The zero-order valence-electron chi connectivity index (χ0n) is 8.41. The Labute approximate surface area is 94.4 Å². The van der Waals surface area contributed by atoms with Gasteiger partial charge in [0.15, 0.2) is 0 Å². The molecule has 0 amide bonds. The summed E-state index contributed by atoms with van der Waals surface area (Å²) in [5.74, 6) is 4.67. The zero-order chi connectivity index (χ0) is 13.1. The summed E-state index contributed by atoms with van der Waals surface area (Å²) < 4.78 is 37.3. The molecule has 4 nitrogen and oxygen atoms in total. The predicted octanol–water partition coefficient (Wildman–Crippen LogP) is 1.92. The molecule has 0 saturated heterocycles. The van der Waals surface area contributed by atoms with E-state index in [0.29, 0.717) is 6.07 Å². The number of benzene rings is 1. The van der Waals surface area contributed by atoms with Crippen LogP contribution in [-0.2, 0) is 6.18 Å². The Morgan fingerprint density at radius 1 is 1.35 bits per heavy atom. The van der Waals surface area contributed by atoms with Gasteiger partial charge in [-0.3, -0.25) is 10.1 Å². The first-order valence-corrected chi connectivity index (χ1v) is 4.40. The van der Waals surface area contributed by atoms with Crippen LogP contribution in [0.2, 0.25) is 0 Å². The Morgan fingerprint density at radius 3 is 2.47 bits per heavy atom. The molecule has 0 aromatic heterocycles. The SMILES string of the molecule is NCC#Cc1cc([N+](=O)[O-])cc(C(F)(F)F)c1. The average Bonchev–Trinajstić information content (AvgIpc) is 2.24. The molecule has 0 bridgehead atoms. The second-order valence-electron chi connectivity index (χ2n) is 3.03. The lowest BCUT2D eigenvalue weighted by molar-refractivity contribution is -0.385. The van der Waals surface area contributed by atoms with Crippen molar-refractivity contribution in [2.45, 2.75) is 6.18 Å². The fourth-order valence-corrected chi connectivity index (χ4v) is 1.11. The van der Waals surface area contributed by atoms with E-state index in [0.717, 1.165) is 12.1 Å². The number of non-ortho nitro benzene ring substituents is 1. The zero-order valence-corrected chi connectivity index (χ0v) is 8.41. The van der Waals surface area contributed by atoms with Crippen LogP contribution in [0.5, 0.6) is 0 Å². The molecule has 1 aromatic carbocycles. The number of hydrogen-bond acceptors (Lipinski definition) is 3. The molecule has 0 unspecified atom stereocenters. The van der Waals surface area contributed by atoms with Crippen LogP contribution in [-0.4, -0.2) is 11.5 Å². The monoisotopic (exact) mass is 244 g/mol. The maximum absolute atomic E-state index is 12.4. The highest BCUT2D eigenvalue weighted by Gasteiger charge is 2.32. The molecule has 1 rings (SSSR count). The van der Waals surface area contributed by atoms with E-state index in [1.807, 2.05) is 0 Å². The molecule has 0 atom stereocenters. The number of alkyl halides is 3. The highest BCUT2D eigenvalue weighted by Crippen LogP contribution is 2.32. The second kappa shape index (κ2) is 4.84. The van der Waals surface area contributed by atoms with Gasteiger partial charge in [-0.1, -0.05) is 11.8 Å². The summed E-state index contributed by atoms with van der Waals surface area (Å²) in [5.41, 5.74) is 3.23. The quantitative estimate of drug-likeness (QED) is 0.466. The van der Waals surface area contributed by atoms with Crippen LogP contribution < -0.4 is 5.73 Å². The van der Waals surface area contributed by atoms with Crippen LogP contribution in [0.3, 0.4) is 0 Å². The van der Waals surface area contributed by atoms with Crippen molar-refractivity contribution in [1.82, 2.24) is 0 Å². The van der Waals surface area contributed by atoms with Crippen molar-refractivity contribution in [1.29, 1.82) is 0 Å². The van der Waals surface area contributed by atoms with Gasteiger partial charge in [-0.25, -0.2) is 0 Å². The average molecular weight is 244 g/mol. The number of nitrogens with two attached hydrogens (primary N) is 1. The van der Waals surface area contributed by atoms with Gasteiger partial charge in [-0.15, -0.1) is 0 Å². The Bertz CT molecular complexity index is 500. The van der Waals surface area contributed by atoms with Gasteiger partial charge < -0.3 is 5.73 Å². The highest BCUT2D eigenvalue weighted by atomic mass is 19.4. The van der Waals surface area contributed by atoms with Crippen LogP contribution in [0.1, 0.15) is 11.1 Å². The van der Waals surface area contributed by atoms with Crippen molar-refractivity contribution in [3.8, 4) is 11.8 Å². The van der Waals surface area contributed by atoms with Crippen molar-refractivity contribution in [3.05, 3.63) is 39.4 Å². The second-order valence-corrected chi connectivity index (χ2v) is 3.03. The molecular weight excluding hydrogens is 237 g/mol. The Hall–Kier alpha value is -2.07. The van der Waals surface area contributed by atoms with E-state index >= 15 is 0 Å². The third-order valence-corrected chi connectivity index (χ3v) is 1.79. The summed E-state index contributed by atoms with van der Waals surface area (Å²) in [5, 5.41) is 10.5. The largest absolute Gasteiger partial charge is 0.416 e. The highest BCUT2D eigenvalue weighted by molar-refractivity contribution is 5.47. The summed E-state index contributed by atoms with van der Waals surface area (Å²) in [7, 11) is 0. The van der Waals surface area contributed by atoms with E-state index in [1.165, 1.54) is 0 Å². The topological polar surface area (TPSA) is 69.2 Å². The maximum Gasteiger partial charge on any atom is 0.416 e. The summed E-state index contributed by atoms with van der Waals surface area (Å²) in [6, 6.07) is 2.18. The number of rotatable bonds is 1. The number of nitro groups is 1. The van der Waals surface area contributed by atoms with Gasteiger partial charge in [0.2, 0.25) is 0 Å². The lowest BCUT2D eigenvalue weighted by Crippen LogP contribution is -2.06. The number of nitro benzene ring substituents is 1. The van der Waals surface area contributed by atoms with Crippen LogP contribution in [0.4, 0.5) is 18.9 Å². The van der Waals surface area contributed by atoms with Gasteiger partial charge in [-0.2, -0.15) is 13.2 Å². The minimum Gasteiger partial charge on any atom is -0.320 e. The summed E-state index contributed by atoms with van der Waals surface area (Å²) in [6.45, 7) is -0.0377. The molecule has 90 valence electrons. The first-order valence-electron chi connectivity index (χ1n) is 4.40. The normalized spacial score (nSPS) is 10.6. The van der Waals surface area contributed by atoms with Gasteiger partial charge in [0.1, 0.15) is 0 Å². The van der Waals surface area contributed by atoms with E-state index < -0.39 is 22.4 Å². The lowest BCUT2D eigenvalue weighted by Gasteiger charge is -2.06. The van der Waals surface area contributed by atoms with Crippen LogP contribution >= 0.6 is 0 Å². The summed E-state index contributed by atoms with van der Waals surface area (Å²) in [6.07, 6.45) is -4.65. The number of nitrogens with zero attached hydrogens (tertiary/aromatic N) is 1. The first-order chi connectivity index (χ1) is 7.84. The number of halogens is 3. The molecule has 0 aliphatic rings. The molecule has 0 aliphatic carbocycles. The van der Waals surface area contributed by atoms with Crippen molar-refractivity contribution in [3.63, 3.8) is 0 Å². The molecule has 0 fully saturated rings. The molecule has 1 aromatic rings. The van der Waals surface area contributed by atoms with Gasteiger partial charge in [0.25, 0.3) is 5.69 Å². The fraction of sp³-hybridized carbons (Fsp3) is 0.200. The van der Waals surface area contributed by atoms with E-state index in [4.69, 9.17) is 5.73 Å². The molecule has 0 aliphatic heterocycles. The summed E-state index contributed by atoms with van der Waals surface area (Å²) in [4.78, 5) is 9.57. The van der Waals surface area contributed by atoms with Crippen molar-refractivity contribution in [2.75, 3.05) is 6.54 Å². The molecule has 17 heavy (non-hydrogen) atoms. The van der Waals surface area contributed by atoms with Crippen molar-refractivity contribution in [2.24, 2.45) is 5.73 Å². The third-order valence-electron chi connectivity index (χ3n) is 1.79. The first kappa shape index (κ1) is 13.0. The molecule has 0 heterocycles. The van der Waals surface area contributed by atoms with Gasteiger partial charge >= 0.3 is 6.18 Å².